The summed E-state index contributed by atoms with van der Waals surface area (Å²) in [6.45, 7) is 6.04. The Labute approximate surface area is 79.4 Å². The van der Waals surface area contributed by atoms with Crippen molar-refractivity contribution in [2.75, 3.05) is 0 Å². The molecule has 1 aromatic heterocycles. The monoisotopic (exact) mass is 179 g/mol. The molecular weight excluding hydrogens is 162 g/mol. The van der Waals surface area contributed by atoms with Crippen molar-refractivity contribution < 1.29 is 0 Å². The molecule has 1 unspecified atom stereocenters. The van der Waals surface area contributed by atoms with Gasteiger partial charge in [-0.1, -0.05) is 6.92 Å². The van der Waals surface area contributed by atoms with Gasteiger partial charge in [0.05, 0.1) is 0 Å². The lowest BCUT2D eigenvalue weighted by Crippen LogP contribution is -2.19. The Kier molecular flexibility index (Phi) is 3.37. The summed E-state index contributed by atoms with van der Waals surface area (Å²) in [6.07, 6.45) is 1.71. The summed E-state index contributed by atoms with van der Waals surface area (Å²) < 4.78 is 0. The third kappa shape index (κ3) is 3.11. The van der Waals surface area contributed by atoms with Gasteiger partial charge in [0.2, 0.25) is 0 Å². The molecule has 0 saturated heterocycles. The molecule has 13 heavy (non-hydrogen) atoms. The Morgan fingerprint density at radius 1 is 1.46 bits per heavy atom. The van der Waals surface area contributed by atoms with Gasteiger partial charge in [-0.15, -0.1) is 0 Å². The molecule has 72 valence electrons. The Balaban J connectivity index is 2.88. The van der Waals surface area contributed by atoms with Gasteiger partial charge in [-0.2, -0.15) is 0 Å². The fourth-order valence-corrected chi connectivity index (χ4v) is 1.29. The van der Waals surface area contributed by atoms with Gasteiger partial charge in [0.25, 0.3) is 0 Å². The van der Waals surface area contributed by atoms with Gasteiger partial charge in [0, 0.05) is 30.3 Å². The first-order valence-corrected chi connectivity index (χ1v) is 4.70. The lowest BCUT2D eigenvalue weighted by Gasteiger charge is -2.06. The Morgan fingerprint density at radius 2 is 2.15 bits per heavy atom. The van der Waals surface area contributed by atoms with E-state index in [-0.39, 0.29) is 6.04 Å². The average Bonchev–Trinajstić information content (AvgIpc) is 2.01. The number of nitrogens with zero attached hydrogens (tertiary/aromatic N) is 2. The highest BCUT2D eigenvalue weighted by atomic mass is 14.9. The number of rotatable bonds is 3. The molecule has 3 heteroatoms. The zero-order valence-corrected chi connectivity index (χ0v) is 8.54. The maximum atomic E-state index is 5.71. The summed E-state index contributed by atoms with van der Waals surface area (Å²) in [7, 11) is 0. The molecule has 0 aliphatic carbocycles. The summed E-state index contributed by atoms with van der Waals surface area (Å²) in [5.41, 5.74) is 7.79. The fourth-order valence-electron chi connectivity index (χ4n) is 1.29. The van der Waals surface area contributed by atoms with Crippen LogP contribution in [0.5, 0.6) is 0 Å². The van der Waals surface area contributed by atoms with Gasteiger partial charge >= 0.3 is 0 Å². The maximum absolute atomic E-state index is 5.71. The van der Waals surface area contributed by atoms with Crippen LogP contribution in [0.4, 0.5) is 0 Å². The van der Waals surface area contributed by atoms with Gasteiger partial charge in [0.15, 0.2) is 0 Å². The molecule has 0 aromatic carbocycles. The van der Waals surface area contributed by atoms with E-state index in [1.54, 1.807) is 0 Å². The first kappa shape index (κ1) is 10.1. The third-order valence-corrected chi connectivity index (χ3v) is 1.80. The molecule has 2 N–H and O–H groups in total. The molecule has 0 saturated carbocycles. The lowest BCUT2D eigenvalue weighted by molar-refractivity contribution is 0.710. The molecule has 0 spiro atoms. The van der Waals surface area contributed by atoms with E-state index < -0.39 is 0 Å². The predicted octanol–water partition coefficient (Wildman–Crippen LogP) is 1.24. The fraction of sp³-hybridized carbons (Fsp3) is 0.600. The summed E-state index contributed by atoms with van der Waals surface area (Å²) >= 11 is 0. The van der Waals surface area contributed by atoms with Crippen LogP contribution in [0.1, 0.15) is 31.1 Å². The Bertz CT molecular complexity index is 281. The molecule has 0 bridgehead atoms. The first-order chi connectivity index (χ1) is 6.11. The van der Waals surface area contributed by atoms with E-state index in [1.165, 1.54) is 0 Å². The molecule has 1 rings (SSSR count). The molecule has 3 nitrogen and oxygen atoms in total. The van der Waals surface area contributed by atoms with Crippen molar-refractivity contribution in [1.29, 1.82) is 0 Å². The van der Waals surface area contributed by atoms with Crippen LogP contribution >= 0.6 is 0 Å². The largest absolute Gasteiger partial charge is 0.328 e. The zero-order chi connectivity index (χ0) is 9.84. The summed E-state index contributed by atoms with van der Waals surface area (Å²) in [6, 6.07) is 2.17. The van der Waals surface area contributed by atoms with Crippen molar-refractivity contribution >= 4 is 0 Å². The standard InChI is InChI=1S/C10H17N3/c1-4-10-12-8(3)6-9(13-10)5-7(2)11/h6-7H,4-5,11H2,1-3H3. The molecule has 0 radical (unpaired) electrons. The minimum absolute atomic E-state index is 0.166. The van der Waals surface area contributed by atoms with Crippen molar-refractivity contribution in [3.8, 4) is 0 Å². The smallest absolute Gasteiger partial charge is 0.128 e. The van der Waals surface area contributed by atoms with Crippen LogP contribution in [0.15, 0.2) is 6.07 Å². The van der Waals surface area contributed by atoms with E-state index in [1.807, 2.05) is 19.9 Å². The van der Waals surface area contributed by atoms with E-state index in [0.717, 1.165) is 30.1 Å². The van der Waals surface area contributed by atoms with E-state index in [9.17, 15) is 0 Å². The van der Waals surface area contributed by atoms with Crippen molar-refractivity contribution in [3.63, 3.8) is 0 Å². The van der Waals surface area contributed by atoms with Crippen molar-refractivity contribution in [2.24, 2.45) is 5.73 Å². The first-order valence-electron chi connectivity index (χ1n) is 4.70. The minimum atomic E-state index is 0.166. The normalized spacial score (nSPS) is 12.9. The van der Waals surface area contributed by atoms with Gasteiger partial charge in [0.1, 0.15) is 5.82 Å². The molecule has 1 aromatic rings. The number of aromatic nitrogens is 2. The van der Waals surface area contributed by atoms with Gasteiger partial charge < -0.3 is 5.73 Å². The average molecular weight is 179 g/mol. The van der Waals surface area contributed by atoms with Crippen LogP contribution in [0.2, 0.25) is 0 Å². The van der Waals surface area contributed by atoms with Crippen molar-refractivity contribution in [1.82, 2.24) is 9.97 Å². The van der Waals surface area contributed by atoms with E-state index in [0.29, 0.717) is 0 Å². The summed E-state index contributed by atoms with van der Waals surface area (Å²) in [5.74, 6) is 0.913. The molecule has 0 aliphatic heterocycles. The molecule has 1 atom stereocenters. The van der Waals surface area contributed by atoms with Crippen LogP contribution in [0.25, 0.3) is 0 Å². The number of aryl methyl sites for hydroxylation is 2. The molecule has 0 aliphatic rings. The number of nitrogens with two attached hydrogens (primary N) is 1. The second-order valence-electron chi connectivity index (χ2n) is 3.45. The quantitative estimate of drug-likeness (QED) is 0.759. The van der Waals surface area contributed by atoms with Crippen LogP contribution in [0.3, 0.4) is 0 Å². The minimum Gasteiger partial charge on any atom is -0.328 e. The van der Waals surface area contributed by atoms with Crippen LogP contribution in [0, 0.1) is 6.92 Å². The highest BCUT2D eigenvalue weighted by Crippen LogP contribution is 2.03. The van der Waals surface area contributed by atoms with Gasteiger partial charge in [-0.05, 0) is 19.9 Å². The van der Waals surface area contributed by atoms with E-state index in [4.69, 9.17) is 5.73 Å². The summed E-state index contributed by atoms with van der Waals surface area (Å²) in [5, 5.41) is 0. The Hall–Kier alpha value is -0.960. The van der Waals surface area contributed by atoms with Crippen molar-refractivity contribution in [3.05, 3.63) is 23.3 Å². The highest BCUT2D eigenvalue weighted by molar-refractivity contribution is 5.11. The SMILES string of the molecule is CCc1nc(C)cc(CC(C)N)n1. The molecule has 0 fully saturated rings. The maximum Gasteiger partial charge on any atom is 0.128 e. The van der Waals surface area contributed by atoms with Crippen LogP contribution in [-0.2, 0) is 12.8 Å². The molecule has 1 heterocycles. The van der Waals surface area contributed by atoms with Gasteiger partial charge in [-0.25, -0.2) is 9.97 Å². The topological polar surface area (TPSA) is 51.8 Å². The third-order valence-electron chi connectivity index (χ3n) is 1.80. The number of hydrogen-bond acceptors (Lipinski definition) is 3. The highest BCUT2D eigenvalue weighted by Gasteiger charge is 2.02. The Morgan fingerprint density at radius 3 is 2.69 bits per heavy atom. The van der Waals surface area contributed by atoms with Crippen LogP contribution < -0.4 is 5.73 Å². The lowest BCUT2D eigenvalue weighted by atomic mass is 10.2. The second kappa shape index (κ2) is 4.33. The molecule has 0 amide bonds. The summed E-state index contributed by atoms with van der Waals surface area (Å²) in [4.78, 5) is 8.71. The van der Waals surface area contributed by atoms with E-state index in [2.05, 4.69) is 16.9 Å². The van der Waals surface area contributed by atoms with Crippen molar-refractivity contribution in [2.45, 2.75) is 39.7 Å². The zero-order valence-electron chi connectivity index (χ0n) is 8.54. The number of hydrogen-bond donors (Lipinski definition) is 1. The molecular formula is C10H17N3. The van der Waals surface area contributed by atoms with Gasteiger partial charge in [-0.3, -0.25) is 0 Å². The van der Waals surface area contributed by atoms with E-state index >= 15 is 0 Å². The predicted molar refractivity (Wildman–Crippen MR) is 53.5 cm³/mol. The second-order valence-corrected chi connectivity index (χ2v) is 3.45. The van der Waals surface area contributed by atoms with Crippen LogP contribution in [-0.4, -0.2) is 16.0 Å².